The van der Waals surface area contributed by atoms with Crippen LogP contribution in [0.15, 0.2) is 60.8 Å². The van der Waals surface area contributed by atoms with E-state index in [0.717, 1.165) is 11.1 Å². The molecule has 0 radical (unpaired) electrons. The molecule has 3 rings (SSSR count). The molecule has 0 aliphatic carbocycles. The van der Waals surface area contributed by atoms with Gasteiger partial charge in [0.1, 0.15) is 17.2 Å². The molecule has 2 N–H and O–H groups in total. The monoisotopic (exact) mass is 393 g/mol. The number of aromatic nitrogens is 1. The van der Waals surface area contributed by atoms with Gasteiger partial charge in [0, 0.05) is 18.2 Å². The second-order valence-electron chi connectivity index (χ2n) is 6.29. The summed E-state index contributed by atoms with van der Waals surface area (Å²) in [5, 5.41) is 5.53. The third kappa shape index (κ3) is 5.62. The zero-order chi connectivity index (χ0) is 20.6. The highest BCUT2D eigenvalue weighted by Crippen LogP contribution is 2.24. The minimum absolute atomic E-state index is 0.286. The minimum Gasteiger partial charge on any atom is -0.497 e. The topological polar surface area (TPSA) is 81.7 Å². The first-order valence-corrected chi connectivity index (χ1v) is 9.03. The molecule has 29 heavy (non-hydrogen) atoms. The molecular formula is C22H23N3O4. The Labute approximate surface area is 169 Å². The number of carbonyl (C=O) groups is 1. The second kappa shape index (κ2) is 9.45. The summed E-state index contributed by atoms with van der Waals surface area (Å²) in [6.45, 7) is 2.30. The number of nitrogens with zero attached hydrogens (tertiary/aromatic N) is 1. The van der Waals surface area contributed by atoms with Crippen LogP contribution in [0.1, 0.15) is 11.1 Å². The molecule has 0 atom stereocenters. The van der Waals surface area contributed by atoms with Crippen LogP contribution in [0.5, 0.6) is 23.1 Å². The molecule has 0 bridgehead atoms. The normalized spacial score (nSPS) is 10.2. The van der Waals surface area contributed by atoms with E-state index >= 15 is 0 Å². The Balaban J connectivity index is 1.55. The SMILES string of the molecule is COc1ccc(OC)c(CNC(=O)Nc2ccc(Oc3ccc(C)cc3)nc2)c1. The summed E-state index contributed by atoms with van der Waals surface area (Å²) in [5.41, 5.74) is 2.51. The van der Waals surface area contributed by atoms with Crippen LogP contribution in [-0.4, -0.2) is 25.2 Å². The second-order valence-corrected chi connectivity index (χ2v) is 6.29. The third-order valence-corrected chi connectivity index (χ3v) is 4.16. The summed E-state index contributed by atoms with van der Waals surface area (Å²) in [7, 11) is 3.17. The number of benzene rings is 2. The van der Waals surface area contributed by atoms with Crippen LogP contribution in [0.25, 0.3) is 0 Å². The molecule has 1 heterocycles. The number of rotatable bonds is 7. The molecular weight excluding hydrogens is 370 g/mol. The molecule has 2 aromatic carbocycles. The van der Waals surface area contributed by atoms with Gasteiger partial charge in [-0.3, -0.25) is 0 Å². The number of ether oxygens (including phenoxy) is 3. The summed E-state index contributed by atoms with van der Waals surface area (Å²) in [5.74, 6) is 2.51. The molecule has 0 saturated carbocycles. The van der Waals surface area contributed by atoms with Crippen molar-refractivity contribution in [2.45, 2.75) is 13.5 Å². The van der Waals surface area contributed by atoms with E-state index in [2.05, 4.69) is 15.6 Å². The van der Waals surface area contributed by atoms with Crippen LogP contribution in [0.3, 0.4) is 0 Å². The van der Waals surface area contributed by atoms with Crippen molar-refractivity contribution in [3.63, 3.8) is 0 Å². The lowest BCUT2D eigenvalue weighted by atomic mass is 10.2. The first-order chi connectivity index (χ1) is 14.1. The Bertz CT molecular complexity index is 957. The van der Waals surface area contributed by atoms with Crippen molar-refractivity contribution in [1.82, 2.24) is 10.3 Å². The number of carbonyl (C=O) groups excluding carboxylic acids is 1. The van der Waals surface area contributed by atoms with Crippen molar-refractivity contribution in [3.8, 4) is 23.1 Å². The van der Waals surface area contributed by atoms with Crippen molar-refractivity contribution in [2.24, 2.45) is 0 Å². The van der Waals surface area contributed by atoms with Crippen molar-refractivity contribution in [3.05, 3.63) is 71.9 Å². The highest BCUT2D eigenvalue weighted by molar-refractivity contribution is 5.89. The average Bonchev–Trinajstić information content (AvgIpc) is 2.75. The van der Waals surface area contributed by atoms with Gasteiger partial charge in [-0.25, -0.2) is 9.78 Å². The lowest BCUT2D eigenvalue weighted by Crippen LogP contribution is -2.28. The molecule has 0 fully saturated rings. The van der Waals surface area contributed by atoms with Gasteiger partial charge in [0.15, 0.2) is 0 Å². The molecule has 0 saturated heterocycles. The number of urea groups is 1. The van der Waals surface area contributed by atoms with Gasteiger partial charge >= 0.3 is 6.03 Å². The van der Waals surface area contributed by atoms with Gasteiger partial charge in [0.2, 0.25) is 5.88 Å². The predicted octanol–water partition coefficient (Wildman–Crippen LogP) is 4.52. The summed E-state index contributed by atoms with van der Waals surface area (Å²) in [6.07, 6.45) is 1.54. The lowest BCUT2D eigenvalue weighted by Gasteiger charge is -2.12. The summed E-state index contributed by atoms with van der Waals surface area (Å²) >= 11 is 0. The molecule has 0 unspecified atom stereocenters. The number of pyridine rings is 1. The van der Waals surface area contributed by atoms with E-state index in [0.29, 0.717) is 28.8 Å². The lowest BCUT2D eigenvalue weighted by molar-refractivity contribution is 0.251. The fraction of sp³-hybridized carbons (Fsp3) is 0.182. The quantitative estimate of drug-likeness (QED) is 0.617. The van der Waals surface area contributed by atoms with Crippen LogP contribution >= 0.6 is 0 Å². The standard InChI is InChI=1S/C22H23N3O4/c1-15-4-7-18(8-5-15)29-21-11-6-17(14-23-21)25-22(26)24-13-16-12-19(27-2)9-10-20(16)28-3/h4-12,14H,13H2,1-3H3,(H2,24,25,26). The molecule has 1 aromatic heterocycles. The zero-order valence-corrected chi connectivity index (χ0v) is 16.6. The largest absolute Gasteiger partial charge is 0.497 e. The molecule has 2 amide bonds. The van der Waals surface area contributed by atoms with Gasteiger partial charge in [-0.2, -0.15) is 0 Å². The van der Waals surface area contributed by atoms with Crippen LogP contribution in [0, 0.1) is 6.92 Å². The highest BCUT2D eigenvalue weighted by atomic mass is 16.5. The van der Waals surface area contributed by atoms with Gasteiger partial charge < -0.3 is 24.8 Å². The average molecular weight is 393 g/mol. The third-order valence-electron chi connectivity index (χ3n) is 4.16. The van der Waals surface area contributed by atoms with Gasteiger partial charge in [-0.05, 0) is 43.3 Å². The van der Waals surface area contributed by atoms with Crippen LogP contribution in [-0.2, 0) is 6.54 Å². The number of amides is 2. The zero-order valence-electron chi connectivity index (χ0n) is 16.6. The maximum Gasteiger partial charge on any atom is 0.319 e. The summed E-state index contributed by atoms with van der Waals surface area (Å²) in [4.78, 5) is 16.4. The Kier molecular flexibility index (Phi) is 6.52. The summed E-state index contributed by atoms with van der Waals surface area (Å²) < 4.78 is 16.2. The van der Waals surface area contributed by atoms with Crippen LogP contribution in [0.2, 0.25) is 0 Å². The number of anilines is 1. The minimum atomic E-state index is -0.358. The predicted molar refractivity (Wildman–Crippen MR) is 111 cm³/mol. The number of nitrogens with one attached hydrogen (secondary N) is 2. The molecule has 0 aliphatic heterocycles. The van der Waals surface area contributed by atoms with E-state index < -0.39 is 0 Å². The van der Waals surface area contributed by atoms with E-state index in [-0.39, 0.29) is 12.6 Å². The van der Waals surface area contributed by atoms with Crippen molar-refractivity contribution in [1.29, 1.82) is 0 Å². The van der Waals surface area contributed by atoms with Crippen LogP contribution in [0.4, 0.5) is 10.5 Å². The maximum absolute atomic E-state index is 12.2. The van der Waals surface area contributed by atoms with Gasteiger partial charge in [-0.15, -0.1) is 0 Å². The van der Waals surface area contributed by atoms with E-state index in [4.69, 9.17) is 14.2 Å². The van der Waals surface area contributed by atoms with Crippen molar-refractivity contribution in [2.75, 3.05) is 19.5 Å². The fourth-order valence-electron chi connectivity index (χ4n) is 2.61. The molecule has 3 aromatic rings. The Hall–Kier alpha value is -3.74. The van der Waals surface area contributed by atoms with E-state index in [9.17, 15) is 4.79 Å². The van der Waals surface area contributed by atoms with Crippen molar-refractivity contribution >= 4 is 11.7 Å². The Morgan fingerprint density at radius 2 is 1.72 bits per heavy atom. The highest BCUT2D eigenvalue weighted by Gasteiger charge is 2.08. The summed E-state index contributed by atoms with van der Waals surface area (Å²) in [6, 6.07) is 16.2. The van der Waals surface area contributed by atoms with Gasteiger partial charge in [0.05, 0.1) is 26.1 Å². The smallest absolute Gasteiger partial charge is 0.319 e. The van der Waals surface area contributed by atoms with E-state index in [1.807, 2.05) is 37.3 Å². The molecule has 7 nitrogen and oxygen atoms in total. The molecule has 150 valence electrons. The first-order valence-electron chi connectivity index (χ1n) is 9.03. The van der Waals surface area contributed by atoms with E-state index in [1.165, 1.54) is 6.20 Å². The van der Waals surface area contributed by atoms with Gasteiger partial charge in [0.25, 0.3) is 0 Å². The number of hydrogen-bond donors (Lipinski definition) is 2. The van der Waals surface area contributed by atoms with E-state index in [1.54, 1.807) is 38.5 Å². The maximum atomic E-state index is 12.2. The Morgan fingerprint density at radius 3 is 2.38 bits per heavy atom. The Morgan fingerprint density at radius 1 is 0.966 bits per heavy atom. The number of aryl methyl sites for hydroxylation is 1. The number of methoxy groups -OCH3 is 2. The molecule has 0 aliphatic rings. The molecule has 0 spiro atoms. The van der Waals surface area contributed by atoms with Crippen LogP contribution < -0.4 is 24.8 Å². The fourth-order valence-corrected chi connectivity index (χ4v) is 2.61. The van der Waals surface area contributed by atoms with Gasteiger partial charge in [-0.1, -0.05) is 17.7 Å². The number of hydrogen-bond acceptors (Lipinski definition) is 5. The molecule has 7 heteroatoms. The first kappa shape index (κ1) is 20.0. The van der Waals surface area contributed by atoms with Crippen molar-refractivity contribution < 1.29 is 19.0 Å².